The molecule has 2 aliphatic rings. The molecule has 1 amide bonds. The minimum Gasteiger partial charge on any atom is -0.339 e. The fourth-order valence-corrected chi connectivity index (χ4v) is 4.10. The number of nitrogens with zero attached hydrogens (tertiary/aromatic N) is 4. The number of halogens is 3. The molecular formula is C15H28Cl3N5OS. The van der Waals surface area contributed by atoms with Gasteiger partial charge in [-0.05, 0) is 13.8 Å². The average molecular weight is 433 g/mol. The minimum absolute atomic E-state index is 0. The van der Waals surface area contributed by atoms with E-state index in [4.69, 9.17) is 0 Å². The zero-order valence-corrected chi connectivity index (χ0v) is 18.1. The quantitative estimate of drug-likeness (QED) is 0.786. The van der Waals surface area contributed by atoms with E-state index in [0.29, 0.717) is 0 Å². The van der Waals surface area contributed by atoms with E-state index in [1.165, 1.54) is 11.3 Å². The molecule has 2 fully saturated rings. The van der Waals surface area contributed by atoms with Crippen molar-refractivity contribution in [1.29, 1.82) is 0 Å². The molecule has 10 heteroatoms. The highest BCUT2D eigenvalue weighted by molar-refractivity contribution is 7.99. The van der Waals surface area contributed by atoms with Crippen LogP contribution in [-0.4, -0.2) is 69.3 Å². The van der Waals surface area contributed by atoms with Crippen molar-refractivity contribution in [2.45, 2.75) is 26.4 Å². The summed E-state index contributed by atoms with van der Waals surface area (Å²) < 4.78 is 1.95. The van der Waals surface area contributed by atoms with Gasteiger partial charge in [0.05, 0.1) is 11.7 Å². The number of aryl methyl sites for hydroxylation is 2. The Kier molecular flexibility index (Phi) is 10.8. The predicted molar refractivity (Wildman–Crippen MR) is 111 cm³/mol. The van der Waals surface area contributed by atoms with Crippen molar-refractivity contribution in [3.8, 4) is 0 Å². The highest BCUT2D eigenvalue weighted by Gasteiger charge is 2.29. The van der Waals surface area contributed by atoms with E-state index in [0.717, 1.165) is 50.0 Å². The van der Waals surface area contributed by atoms with Crippen LogP contribution in [0.5, 0.6) is 0 Å². The third kappa shape index (κ3) is 5.65. The Labute approximate surface area is 172 Å². The molecule has 6 nitrogen and oxygen atoms in total. The molecule has 0 saturated carbocycles. The minimum atomic E-state index is 0. The second-order valence-electron chi connectivity index (χ2n) is 6.15. The summed E-state index contributed by atoms with van der Waals surface area (Å²) in [6.07, 6.45) is 0. The monoisotopic (exact) mass is 431 g/mol. The first-order valence-electron chi connectivity index (χ1n) is 7.87. The molecular weight excluding hydrogens is 405 g/mol. The van der Waals surface area contributed by atoms with Gasteiger partial charge in [-0.3, -0.25) is 19.7 Å². The van der Waals surface area contributed by atoms with Crippen LogP contribution in [0.25, 0.3) is 0 Å². The van der Waals surface area contributed by atoms with Crippen LogP contribution >= 0.6 is 49.0 Å². The highest BCUT2D eigenvalue weighted by atomic mass is 35.5. The van der Waals surface area contributed by atoms with Gasteiger partial charge in [0.2, 0.25) is 5.91 Å². The fraction of sp³-hybridized carbons (Fsp3) is 0.733. The van der Waals surface area contributed by atoms with Crippen molar-refractivity contribution < 1.29 is 4.79 Å². The van der Waals surface area contributed by atoms with E-state index in [1.807, 2.05) is 16.6 Å². The topological polar surface area (TPSA) is 53.4 Å². The van der Waals surface area contributed by atoms with Crippen LogP contribution in [0.4, 0.5) is 0 Å². The van der Waals surface area contributed by atoms with E-state index in [2.05, 4.69) is 29.2 Å². The number of piperazine rings is 1. The Bertz CT molecular complexity index is 558. The number of aromatic nitrogens is 2. The van der Waals surface area contributed by atoms with Crippen LogP contribution in [0.2, 0.25) is 0 Å². The van der Waals surface area contributed by atoms with Crippen LogP contribution in [0.3, 0.4) is 0 Å². The first-order chi connectivity index (χ1) is 10.6. The maximum atomic E-state index is 12.4. The van der Waals surface area contributed by atoms with Gasteiger partial charge in [-0.2, -0.15) is 5.10 Å². The predicted octanol–water partition coefficient (Wildman–Crippen LogP) is 1.61. The van der Waals surface area contributed by atoms with E-state index in [-0.39, 0.29) is 49.2 Å². The molecule has 2 saturated heterocycles. The van der Waals surface area contributed by atoms with Crippen LogP contribution in [0, 0.1) is 13.8 Å². The Hall–Kier alpha value is -0.180. The van der Waals surface area contributed by atoms with Crippen LogP contribution < -0.4 is 5.32 Å². The maximum Gasteiger partial charge on any atom is 0.240 e. The fourth-order valence-electron chi connectivity index (χ4n) is 3.17. The van der Waals surface area contributed by atoms with Crippen LogP contribution in [0.1, 0.15) is 17.0 Å². The summed E-state index contributed by atoms with van der Waals surface area (Å²) in [6.45, 7) is 8.69. The molecule has 0 aromatic carbocycles. The maximum absolute atomic E-state index is 12.4. The molecule has 146 valence electrons. The molecule has 2 aliphatic heterocycles. The first-order valence-corrected chi connectivity index (χ1v) is 9.03. The average Bonchev–Trinajstić information content (AvgIpc) is 3.12. The number of rotatable bonds is 3. The van der Waals surface area contributed by atoms with Gasteiger partial charge in [0.1, 0.15) is 0 Å². The van der Waals surface area contributed by atoms with Gasteiger partial charge in [0, 0.05) is 62.7 Å². The molecule has 0 radical (unpaired) electrons. The summed E-state index contributed by atoms with van der Waals surface area (Å²) in [5, 5.41) is 7.76. The van der Waals surface area contributed by atoms with Gasteiger partial charge >= 0.3 is 0 Å². The lowest BCUT2D eigenvalue weighted by Crippen LogP contribution is -2.53. The molecule has 1 N–H and O–H groups in total. The number of carbonyl (C=O) groups excluding carboxylic acids is 1. The van der Waals surface area contributed by atoms with E-state index in [1.54, 1.807) is 11.8 Å². The molecule has 3 rings (SSSR count). The third-order valence-electron chi connectivity index (χ3n) is 4.74. The molecule has 0 aliphatic carbocycles. The Morgan fingerprint density at radius 1 is 1.20 bits per heavy atom. The number of nitrogens with one attached hydrogen (secondary N) is 1. The number of carbonyl (C=O) groups is 1. The Morgan fingerprint density at radius 3 is 2.32 bits per heavy atom. The zero-order valence-electron chi connectivity index (χ0n) is 14.9. The zero-order chi connectivity index (χ0) is 15.7. The van der Waals surface area contributed by atoms with Crippen molar-refractivity contribution in [3.63, 3.8) is 0 Å². The highest BCUT2D eigenvalue weighted by Crippen LogP contribution is 2.17. The Balaban J connectivity index is 0.00000192. The Morgan fingerprint density at radius 2 is 1.84 bits per heavy atom. The van der Waals surface area contributed by atoms with Crippen molar-refractivity contribution in [2.75, 3.05) is 37.8 Å². The van der Waals surface area contributed by atoms with Crippen LogP contribution in [-0.2, 0) is 18.4 Å². The molecule has 1 atom stereocenters. The second-order valence-corrected chi connectivity index (χ2v) is 7.18. The van der Waals surface area contributed by atoms with Gasteiger partial charge in [-0.1, -0.05) is 0 Å². The van der Waals surface area contributed by atoms with Crippen molar-refractivity contribution in [3.05, 3.63) is 17.0 Å². The third-order valence-corrected chi connectivity index (χ3v) is 5.68. The molecule has 1 aromatic heterocycles. The summed E-state index contributed by atoms with van der Waals surface area (Å²) in [7, 11) is 2.00. The van der Waals surface area contributed by atoms with Crippen molar-refractivity contribution in [1.82, 2.24) is 24.9 Å². The summed E-state index contributed by atoms with van der Waals surface area (Å²) in [4.78, 5) is 16.8. The van der Waals surface area contributed by atoms with Gasteiger partial charge in [0.15, 0.2) is 0 Å². The number of thioether (sulfide) groups is 1. The molecule has 3 heterocycles. The van der Waals surface area contributed by atoms with Gasteiger partial charge in [-0.25, -0.2) is 0 Å². The molecule has 0 bridgehead atoms. The molecule has 25 heavy (non-hydrogen) atoms. The lowest BCUT2D eigenvalue weighted by molar-refractivity contribution is -0.134. The standard InChI is InChI=1S/C15H25N5OS.3ClH/c1-11-13(12(2)18(3)17-11)8-19-4-6-20(7-5-19)15(21)14-9-22-10-16-14;;;/h14,16H,4-10H2,1-3H3;3*1H. The molecule has 1 unspecified atom stereocenters. The molecule has 0 spiro atoms. The normalized spacial score (nSPS) is 20.4. The lowest BCUT2D eigenvalue weighted by atomic mass is 10.1. The smallest absolute Gasteiger partial charge is 0.240 e. The van der Waals surface area contributed by atoms with Crippen molar-refractivity contribution >= 4 is 54.9 Å². The summed E-state index contributed by atoms with van der Waals surface area (Å²) >= 11 is 1.80. The van der Waals surface area contributed by atoms with E-state index >= 15 is 0 Å². The number of amides is 1. The van der Waals surface area contributed by atoms with Gasteiger partial charge < -0.3 is 4.90 Å². The summed E-state index contributed by atoms with van der Waals surface area (Å²) in [6, 6.07) is 0.0272. The first kappa shape index (κ1) is 24.8. The van der Waals surface area contributed by atoms with Gasteiger partial charge in [-0.15, -0.1) is 49.0 Å². The largest absolute Gasteiger partial charge is 0.339 e. The SMILES string of the molecule is Cc1nn(C)c(C)c1CN1CCN(C(=O)C2CSCN2)CC1.Cl.Cl.Cl. The van der Waals surface area contributed by atoms with Gasteiger partial charge in [0.25, 0.3) is 0 Å². The lowest BCUT2D eigenvalue weighted by Gasteiger charge is -2.35. The van der Waals surface area contributed by atoms with Crippen molar-refractivity contribution in [2.24, 2.45) is 7.05 Å². The van der Waals surface area contributed by atoms with E-state index in [9.17, 15) is 4.79 Å². The molecule has 1 aromatic rings. The number of hydrogen-bond acceptors (Lipinski definition) is 5. The van der Waals surface area contributed by atoms with E-state index < -0.39 is 0 Å². The van der Waals surface area contributed by atoms with Crippen LogP contribution in [0.15, 0.2) is 0 Å². The second kappa shape index (κ2) is 10.8. The number of hydrogen-bond donors (Lipinski definition) is 1. The summed E-state index contributed by atoms with van der Waals surface area (Å²) in [5.41, 5.74) is 3.69. The summed E-state index contributed by atoms with van der Waals surface area (Å²) in [5.74, 6) is 2.08.